The zero-order chi connectivity index (χ0) is 18.9. The minimum Gasteiger partial charge on any atom is -0.444 e. The maximum atomic E-state index is 13.5. The van der Waals surface area contributed by atoms with Gasteiger partial charge in [-0.2, -0.15) is 13.2 Å². The Balaban J connectivity index is 1.93. The van der Waals surface area contributed by atoms with E-state index in [4.69, 9.17) is 16.3 Å². The molecule has 1 aliphatic rings. The molecule has 2 aromatic carbocycles. The smallest absolute Gasteiger partial charge is 0.415 e. The van der Waals surface area contributed by atoms with Crippen LogP contribution in [0, 0.1) is 0 Å². The van der Waals surface area contributed by atoms with E-state index < -0.39 is 18.3 Å². The zero-order valence-electron chi connectivity index (χ0n) is 13.4. The fourth-order valence-corrected chi connectivity index (χ4v) is 4.04. The number of hydrogen-bond donors (Lipinski definition) is 0. The molecule has 0 aromatic heterocycles. The summed E-state index contributed by atoms with van der Waals surface area (Å²) in [5.74, 6) is 0. The third kappa shape index (κ3) is 3.99. The number of nitrogens with zero attached hydrogens (tertiary/aromatic N) is 1. The highest BCUT2D eigenvalue weighted by molar-refractivity contribution is 9.10. The molecular weight excluding hydrogens is 435 g/mol. The minimum absolute atomic E-state index is 0.110. The molecule has 0 saturated carbocycles. The second-order valence-corrected chi connectivity index (χ2v) is 7.19. The van der Waals surface area contributed by atoms with Crippen molar-refractivity contribution in [1.82, 2.24) is 0 Å². The fourth-order valence-electron chi connectivity index (χ4n) is 2.97. The quantitative estimate of drug-likeness (QED) is 0.554. The van der Waals surface area contributed by atoms with Crippen LogP contribution in [0.2, 0.25) is 5.02 Å². The molecule has 3 rings (SSSR count). The molecule has 138 valence electrons. The SMILES string of the molecule is O=C(OCc1ccccc1)N1c2c(Br)cc(Cl)cc2CCC1C(F)(F)F. The molecule has 1 heterocycles. The number of halogens is 5. The fraction of sp³-hybridized carbons (Fsp3) is 0.278. The predicted molar refractivity (Wildman–Crippen MR) is 96.4 cm³/mol. The summed E-state index contributed by atoms with van der Waals surface area (Å²) in [6, 6.07) is 9.88. The first-order chi connectivity index (χ1) is 12.3. The van der Waals surface area contributed by atoms with Crippen LogP contribution in [-0.2, 0) is 17.8 Å². The molecule has 0 bridgehead atoms. The van der Waals surface area contributed by atoms with Crippen molar-refractivity contribution < 1.29 is 22.7 Å². The number of rotatable bonds is 2. The van der Waals surface area contributed by atoms with E-state index in [0.717, 1.165) is 0 Å². The van der Waals surface area contributed by atoms with Crippen LogP contribution in [0.5, 0.6) is 0 Å². The Morgan fingerprint density at radius 2 is 1.96 bits per heavy atom. The standard InChI is InChI=1S/C18H14BrClF3NO2/c19-14-9-13(20)8-12-6-7-15(18(21,22)23)24(16(12)14)17(25)26-10-11-4-2-1-3-5-11/h1-5,8-9,15H,6-7,10H2. The van der Waals surface area contributed by atoms with Gasteiger partial charge >= 0.3 is 12.3 Å². The molecule has 1 atom stereocenters. The van der Waals surface area contributed by atoms with E-state index in [1.54, 1.807) is 36.4 Å². The highest BCUT2D eigenvalue weighted by atomic mass is 79.9. The van der Waals surface area contributed by atoms with Gasteiger partial charge in [-0.15, -0.1) is 0 Å². The maximum Gasteiger partial charge on any atom is 0.415 e. The predicted octanol–water partition coefficient (Wildman–Crippen LogP) is 6.12. The van der Waals surface area contributed by atoms with Crippen LogP contribution in [-0.4, -0.2) is 18.3 Å². The maximum absolute atomic E-state index is 13.5. The average molecular weight is 449 g/mol. The molecule has 0 aliphatic carbocycles. The Labute approximate surface area is 161 Å². The monoisotopic (exact) mass is 447 g/mol. The van der Waals surface area contributed by atoms with E-state index in [1.807, 2.05) is 0 Å². The molecule has 0 radical (unpaired) electrons. The Hall–Kier alpha value is -1.73. The summed E-state index contributed by atoms with van der Waals surface area (Å²) in [5.41, 5.74) is 1.42. The minimum atomic E-state index is -4.57. The van der Waals surface area contributed by atoms with Crippen molar-refractivity contribution >= 4 is 39.3 Å². The van der Waals surface area contributed by atoms with Gasteiger partial charge in [0.15, 0.2) is 0 Å². The van der Waals surface area contributed by atoms with Gasteiger partial charge in [0.2, 0.25) is 0 Å². The third-order valence-corrected chi connectivity index (χ3v) is 4.95. The van der Waals surface area contributed by atoms with Gasteiger partial charge in [0, 0.05) is 9.50 Å². The Morgan fingerprint density at radius 3 is 2.62 bits per heavy atom. The van der Waals surface area contributed by atoms with Crippen molar-refractivity contribution in [2.24, 2.45) is 0 Å². The first-order valence-electron chi connectivity index (χ1n) is 7.82. The van der Waals surface area contributed by atoms with Gasteiger partial charge in [-0.05, 0) is 52.0 Å². The topological polar surface area (TPSA) is 29.5 Å². The van der Waals surface area contributed by atoms with Gasteiger partial charge in [0.05, 0.1) is 5.69 Å². The van der Waals surface area contributed by atoms with E-state index in [-0.39, 0.29) is 25.1 Å². The molecule has 1 amide bonds. The lowest BCUT2D eigenvalue weighted by Crippen LogP contribution is -2.52. The van der Waals surface area contributed by atoms with Crippen LogP contribution in [0.1, 0.15) is 17.5 Å². The van der Waals surface area contributed by atoms with Crippen LogP contribution in [0.25, 0.3) is 0 Å². The number of carbonyl (C=O) groups excluding carboxylic acids is 1. The average Bonchev–Trinajstić information content (AvgIpc) is 2.58. The number of carbonyl (C=O) groups is 1. The molecule has 26 heavy (non-hydrogen) atoms. The zero-order valence-corrected chi connectivity index (χ0v) is 15.7. The lowest BCUT2D eigenvalue weighted by Gasteiger charge is -2.38. The summed E-state index contributed by atoms with van der Waals surface area (Å²) >= 11 is 9.22. The molecule has 0 N–H and O–H groups in total. The molecule has 0 saturated heterocycles. The lowest BCUT2D eigenvalue weighted by atomic mass is 9.95. The highest BCUT2D eigenvalue weighted by Gasteiger charge is 2.49. The van der Waals surface area contributed by atoms with E-state index in [1.165, 1.54) is 6.07 Å². The van der Waals surface area contributed by atoms with Crippen LogP contribution in [0.4, 0.5) is 23.7 Å². The second-order valence-electron chi connectivity index (χ2n) is 5.90. The number of amides is 1. The molecular formula is C18H14BrClF3NO2. The number of ether oxygens (including phenoxy) is 1. The third-order valence-electron chi connectivity index (χ3n) is 4.13. The van der Waals surface area contributed by atoms with Gasteiger partial charge in [-0.1, -0.05) is 41.9 Å². The summed E-state index contributed by atoms with van der Waals surface area (Å²) in [5, 5.41) is 0.388. The molecule has 2 aromatic rings. The first kappa shape index (κ1) is 19.0. The summed E-state index contributed by atoms with van der Waals surface area (Å²) in [6.07, 6.45) is -5.69. The van der Waals surface area contributed by atoms with E-state index in [9.17, 15) is 18.0 Å². The van der Waals surface area contributed by atoms with Crippen molar-refractivity contribution in [3.8, 4) is 0 Å². The van der Waals surface area contributed by atoms with Crippen molar-refractivity contribution in [3.63, 3.8) is 0 Å². The summed E-state index contributed by atoms with van der Waals surface area (Å²) < 4.78 is 46.1. The largest absolute Gasteiger partial charge is 0.444 e. The second kappa shape index (κ2) is 7.48. The van der Waals surface area contributed by atoms with Crippen molar-refractivity contribution in [1.29, 1.82) is 0 Å². The molecule has 0 fully saturated rings. The molecule has 0 spiro atoms. The van der Waals surface area contributed by atoms with Gasteiger partial charge in [0.25, 0.3) is 0 Å². The van der Waals surface area contributed by atoms with Crippen molar-refractivity contribution in [3.05, 3.63) is 63.1 Å². The number of benzene rings is 2. The van der Waals surface area contributed by atoms with Crippen LogP contribution >= 0.6 is 27.5 Å². The first-order valence-corrected chi connectivity index (χ1v) is 8.99. The van der Waals surface area contributed by atoms with Crippen LogP contribution < -0.4 is 4.90 Å². The van der Waals surface area contributed by atoms with Crippen LogP contribution in [0.3, 0.4) is 0 Å². The molecule has 1 aliphatic heterocycles. The van der Waals surface area contributed by atoms with Gasteiger partial charge in [-0.25, -0.2) is 4.79 Å². The van der Waals surface area contributed by atoms with E-state index in [0.29, 0.717) is 25.5 Å². The number of fused-ring (bicyclic) bond motifs is 1. The Kier molecular flexibility index (Phi) is 5.48. The normalized spacial score (nSPS) is 17.0. The Bertz CT molecular complexity index is 814. The molecule has 8 heteroatoms. The van der Waals surface area contributed by atoms with E-state index in [2.05, 4.69) is 15.9 Å². The molecule has 1 unspecified atom stereocenters. The lowest BCUT2D eigenvalue weighted by molar-refractivity contribution is -0.150. The summed E-state index contributed by atoms with van der Waals surface area (Å²) in [6.45, 7) is -0.110. The van der Waals surface area contributed by atoms with Gasteiger partial charge in [0.1, 0.15) is 12.6 Å². The van der Waals surface area contributed by atoms with Crippen molar-refractivity contribution in [2.75, 3.05) is 4.90 Å². The van der Waals surface area contributed by atoms with Crippen molar-refractivity contribution in [2.45, 2.75) is 31.7 Å². The number of hydrogen-bond acceptors (Lipinski definition) is 2. The number of aryl methyl sites for hydroxylation is 1. The highest BCUT2D eigenvalue weighted by Crippen LogP contribution is 2.43. The van der Waals surface area contributed by atoms with E-state index >= 15 is 0 Å². The number of alkyl halides is 3. The molecule has 3 nitrogen and oxygen atoms in total. The summed E-state index contributed by atoms with van der Waals surface area (Å²) in [7, 11) is 0. The number of anilines is 1. The summed E-state index contributed by atoms with van der Waals surface area (Å²) in [4.78, 5) is 13.3. The van der Waals surface area contributed by atoms with Crippen LogP contribution in [0.15, 0.2) is 46.9 Å². The van der Waals surface area contributed by atoms with Gasteiger partial charge in [-0.3, -0.25) is 4.90 Å². The van der Waals surface area contributed by atoms with Gasteiger partial charge < -0.3 is 4.74 Å². The Morgan fingerprint density at radius 1 is 1.27 bits per heavy atom.